The summed E-state index contributed by atoms with van der Waals surface area (Å²) in [6, 6.07) is 18.4. The number of hydrogen-bond acceptors (Lipinski definition) is 5. The molecule has 2 aromatic carbocycles. The minimum absolute atomic E-state index is 0.105. The molecule has 0 aliphatic carbocycles. The summed E-state index contributed by atoms with van der Waals surface area (Å²) in [4.78, 5) is 12.0. The molecular weight excluding hydrogens is 320 g/mol. The third-order valence-corrected chi connectivity index (χ3v) is 3.46. The van der Waals surface area contributed by atoms with E-state index in [1.165, 1.54) is 7.11 Å². The van der Waals surface area contributed by atoms with Crippen LogP contribution in [0.4, 0.5) is 5.69 Å². The monoisotopic (exact) mass is 338 g/mol. The van der Waals surface area contributed by atoms with E-state index in [1.54, 1.807) is 18.2 Å². The number of benzene rings is 2. The molecule has 0 aliphatic heterocycles. The Labute approximate surface area is 145 Å². The Morgan fingerprint density at radius 1 is 1.08 bits per heavy atom. The molecule has 3 aromatic rings. The molecule has 25 heavy (non-hydrogen) atoms. The lowest BCUT2D eigenvalue weighted by Gasteiger charge is -2.07. The fourth-order valence-electron chi connectivity index (χ4n) is 2.20. The number of carbonyl (C=O) groups is 1. The first kappa shape index (κ1) is 16.6. The average molecular weight is 338 g/mol. The Morgan fingerprint density at radius 2 is 1.80 bits per heavy atom. The number of hydrogen-bond donors (Lipinski definition) is 1. The highest BCUT2D eigenvalue weighted by molar-refractivity contribution is 5.90. The van der Waals surface area contributed by atoms with Gasteiger partial charge < -0.3 is 19.3 Å². The highest BCUT2D eigenvalue weighted by atomic mass is 16.5. The number of nitrogens with one attached hydrogen (secondary N) is 1. The van der Waals surface area contributed by atoms with Gasteiger partial charge in [-0.25, -0.2) is 0 Å². The largest absolute Gasteiger partial charge is 0.479 e. The minimum atomic E-state index is -0.105. The van der Waals surface area contributed by atoms with Crippen molar-refractivity contribution in [3.63, 3.8) is 0 Å². The molecule has 6 nitrogen and oxygen atoms in total. The Kier molecular flexibility index (Phi) is 5.31. The van der Waals surface area contributed by atoms with Crippen molar-refractivity contribution >= 4 is 11.6 Å². The average Bonchev–Trinajstić information content (AvgIpc) is 3.11. The lowest BCUT2D eigenvalue weighted by Crippen LogP contribution is -2.12. The van der Waals surface area contributed by atoms with Crippen molar-refractivity contribution in [2.45, 2.75) is 12.8 Å². The minimum Gasteiger partial charge on any atom is -0.479 e. The van der Waals surface area contributed by atoms with E-state index in [0.717, 1.165) is 5.75 Å². The van der Waals surface area contributed by atoms with E-state index in [-0.39, 0.29) is 5.91 Å². The lowest BCUT2D eigenvalue weighted by molar-refractivity contribution is -0.116. The number of anilines is 1. The molecule has 0 atom stereocenters. The maximum absolute atomic E-state index is 12.0. The van der Waals surface area contributed by atoms with Crippen LogP contribution < -0.4 is 14.8 Å². The number of carbonyl (C=O) groups excluding carboxylic acids is 1. The summed E-state index contributed by atoms with van der Waals surface area (Å²) in [7, 11) is 1.51. The van der Waals surface area contributed by atoms with Crippen molar-refractivity contribution in [2.24, 2.45) is 0 Å². The van der Waals surface area contributed by atoms with Gasteiger partial charge in [-0.05, 0) is 41.6 Å². The van der Waals surface area contributed by atoms with Gasteiger partial charge in [-0.3, -0.25) is 4.79 Å². The molecule has 0 unspecified atom stereocenters. The lowest BCUT2D eigenvalue weighted by atomic mass is 10.2. The third kappa shape index (κ3) is 4.84. The van der Waals surface area contributed by atoms with Gasteiger partial charge in [-0.15, -0.1) is 0 Å². The van der Waals surface area contributed by atoms with Crippen molar-refractivity contribution in [3.8, 4) is 17.4 Å². The van der Waals surface area contributed by atoms with E-state index in [9.17, 15) is 4.79 Å². The fraction of sp³-hybridized carbons (Fsp3) is 0.158. The number of rotatable bonds is 7. The zero-order chi connectivity index (χ0) is 17.5. The van der Waals surface area contributed by atoms with Gasteiger partial charge in [-0.2, -0.15) is 0 Å². The van der Waals surface area contributed by atoms with Crippen LogP contribution in [0.2, 0.25) is 0 Å². The molecule has 0 saturated carbocycles. The first-order valence-corrected chi connectivity index (χ1v) is 7.85. The number of ether oxygens (including phenoxy) is 2. The van der Waals surface area contributed by atoms with Crippen LogP contribution in [-0.2, 0) is 11.2 Å². The van der Waals surface area contributed by atoms with Crippen LogP contribution in [0.5, 0.6) is 17.4 Å². The van der Waals surface area contributed by atoms with E-state index < -0.39 is 0 Å². The smallest absolute Gasteiger partial charge is 0.254 e. The SMILES string of the molecule is COc1cc(CCC(=O)Nc2ccc(Oc3ccccc3)cc2)on1. The molecule has 1 aromatic heterocycles. The number of aromatic nitrogens is 1. The number of para-hydroxylation sites is 1. The molecule has 0 radical (unpaired) electrons. The second-order valence-electron chi connectivity index (χ2n) is 5.32. The predicted molar refractivity (Wildman–Crippen MR) is 93.0 cm³/mol. The molecular formula is C19H18N2O4. The van der Waals surface area contributed by atoms with E-state index in [2.05, 4.69) is 10.5 Å². The number of methoxy groups -OCH3 is 1. The van der Waals surface area contributed by atoms with Crippen molar-refractivity contribution in [1.29, 1.82) is 0 Å². The number of amides is 1. The van der Waals surface area contributed by atoms with Gasteiger partial charge in [-0.1, -0.05) is 18.2 Å². The van der Waals surface area contributed by atoms with Crippen LogP contribution in [0.25, 0.3) is 0 Å². The Morgan fingerprint density at radius 3 is 2.48 bits per heavy atom. The summed E-state index contributed by atoms with van der Waals surface area (Å²) in [5.41, 5.74) is 0.709. The van der Waals surface area contributed by atoms with Gasteiger partial charge in [0, 0.05) is 24.6 Å². The van der Waals surface area contributed by atoms with Crippen LogP contribution in [0.15, 0.2) is 65.2 Å². The molecule has 0 spiro atoms. The molecule has 0 aliphatic rings. The molecule has 0 bridgehead atoms. The van der Waals surface area contributed by atoms with Gasteiger partial charge in [0.1, 0.15) is 17.3 Å². The summed E-state index contributed by atoms with van der Waals surface area (Å²) in [5.74, 6) is 2.38. The Balaban J connectivity index is 1.49. The van der Waals surface area contributed by atoms with E-state index in [1.807, 2.05) is 42.5 Å². The summed E-state index contributed by atoms with van der Waals surface area (Å²) >= 11 is 0. The van der Waals surface area contributed by atoms with Crippen LogP contribution in [0, 0.1) is 0 Å². The predicted octanol–water partition coefficient (Wildman–Crippen LogP) is 4.05. The maximum atomic E-state index is 12.0. The Bertz CT molecular complexity index is 813. The van der Waals surface area contributed by atoms with Crippen LogP contribution in [0.3, 0.4) is 0 Å². The van der Waals surface area contributed by atoms with Gasteiger partial charge in [0.05, 0.1) is 7.11 Å². The van der Waals surface area contributed by atoms with Crippen LogP contribution >= 0.6 is 0 Å². The zero-order valence-corrected chi connectivity index (χ0v) is 13.8. The molecule has 6 heteroatoms. The number of aryl methyl sites for hydroxylation is 1. The van der Waals surface area contributed by atoms with E-state index in [0.29, 0.717) is 35.9 Å². The second-order valence-corrected chi connectivity index (χ2v) is 5.32. The van der Waals surface area contributed by atoms with Crippen molar-refractivity contribution in [3.05, 3.63) is 66.4 Å². The summed E-state index contributed by atoms with van der Waals surface area (Å²) in [5, 5.41) is 6.53. The van der Waals surface area contributed by atoms with Crippen molar-refractivity contribution < 1.29 is 18.8 Å². The molecule has 128 valence electrons. The molecule has 0 fully saturated rings. The molecule has 1 N–H and O–H groups in total. The molecule has 1 amide bonds. The van der Waals surface area contributed by atoms with Gasteiger partial charge in [0.15, 0.2) is 0 Å². The zero-order valence-electron chi connectivity index (χ0n) is 13.8. The third-order valence-electron chi connectivity index (χ3n) is 3.46. The van der Waals surface area contributed by atoms with Crippen molar-refractivity contribution in [1.82, 2.24) is 5.16 Å². The van der Waals surface area contributed by atoms with Crippen LogP contribution in [0.1, 0.15) is 12.2 Å². The molecule has 1 heterocycles. The molecule has 0 saturated heterocycles. The standard InChI is InChI=1S/C19H18N2O4/c1-23-19-13-17(25-21-19)11-12-18(22)20-14-7-9-16(10-8-14)24-15-5-3-2-4-6-15/h2-10,13H,11-12H2,1H3,(H,20,22). The first-order chi connectivity index (χ1) is 12.2. The number of nitrogens with zero attached hydrogens (tertiary/aromatic N) is 1. The Hall–Kier alpha value is -3.28. The van der Waals surface area contributed by atoms with E-state index >= 15 is 0 Å². The first-order valence-electron chi connectivity index (χ1n) is 7.85. The van der Waals surface area contributed by atoms with Crippen molar-refractivity contribution in [2.75, 3.05) is 12.4 Å². The fourth-order valence-corrected chi connectivity index (χ4v) is 2.20. The molecule has 3 rings (SSSR count). The highest BCUT2D eigenvalue weighted by Crippen LogP contribution is 2.22. The van der Waals surface area contributed by atoms with Crippen LogP contribution in [-0.4, -0.2) is 18.2 Å². The second kappa shape index (κ2) is 8.01. The quantitative estimate of drug-likeness (QED) is 0.703. The highest BCUT2D eigenvalue weighted by Gasteiger charge is 2.08. The van der Waals surface area contributed by atoms with Gasteiger partial charge in [0.25, 0.3) is 5.88 Å². The summed E-state index contributed by atoms with van der Waals surface area (Å²) in [6.07, 6.45) is 0.748. The maximum Gasteiger partial charge on any atom is 0.254 e. The summed E-state index contributed by atoms with van der Waals surface area (Å²) in [6.45, 7) is 0. The van der Waals surface area contributed by atoms with E-state index in [4.69, 9.17) is 14.0 Å². The topological polar surface area (TPSA) is 73.6 Å². The van der Waals surface area contributed by atoms with Gasteiger partial charge in [0.2, 0.25) is 5.91 Å². The summed E-state index contributed by atoms with van der Waals surface area (Å²) < 4.78 is 15.7. The normalized spacial score (nSPS) is 10.3. The van der Waals surface area contributed by atoms with Gasteiger partial charge >= 0.3 is 0 Å².